The minimum atomic E-state index is -4.03. The summed E-state index contributed by atoms with van der Waals surface area (Å²) in [7, 11) is -4.03. The van der Waals surface area contributed by atoms with Crippen LogP contribution in [0.2, 0.25) is 5.02 Å². The molecule has 2 aliphatic carbocycles. The van der Waals surface area contributed by atoms with Crippen LogP contribution >= 0.6 is 11.6 Å². The number of rotatable bonds is 5. The van der Waals surface area contributed by atoms with Crippen molar-refractivity contribution in [1.82, 2.24) is 5.32 Å². The zero-order valence-electron chi connectivity index (χ0n) is 15.5. The molecular weight excluding hydrogens is 422 g/mol. The molecule has 2 atom stereocenters. The van der Waals surface area contributed by atoms with Crippen LogP contribution in [0.25, 0.3) is 0 Å². The average molecular weight is 443 g/mol. The first-order chi connectivity index (χ1) is 13.7. The lowest BCUT2D eigenvalue weighted by atomic mass is 10.1. The maximum Gasteiger partial charge on any atom is 0.238 e. The predicted octanol–water partition coefficient (Wildman–Crippen LogP) is 3.84. The van der Waals surface area contributed by atoms with E-state index in [1.165, 1.54) is 18.2 Å². The summed E-state index contributed by atoms with van der Waals surface area (Å²) in [5.74, 6) is -1.40. The van der Waals surface area contributed by atoms with Crippen molar-refractivity contribution in [3.8, 4) is 5.75 Å². The Labute approximate surface area is 173 Å². The van der Waals surface area contributed by atoms with Crippen molar-refractivity contribution in [2.75, 3.05) is 0 Å². The van der Waals surface area contributed by atoms with Crippen molar-refractivity contribution in [3.63, 3.8) is 0 Å². The van der Waals surface area contributed by atoms with Crippen LogP contribution in [-0.4, -0.2) is 20.5 Å². The van der Waals surface area contributed by atoms with E-state index in [9.17, 15) is 17.2 Å². The summed E-state index contributed by atoms with van der Waals surface area (Å²) in [4.78, 5) is -0.344. The van der Waals surface area contributed by atoms with Gasteiger partial charge in [0.25, 0.3) is 0 Å². The van der Waals surface area contributed by atoms with Crippen LogP contribution in [0, 0.1) is 11.6 Å². The molecule has 0 heterocycles. The third-order valence-electron chi connectivity index (χ3n) is 5.58. The third kappa shape index (κ3) is 4.26. The van der Waals surface area contributed by atoms with Crippen LogP contribution in [0.4, 0.5) is 8.78 Å². The van der Waals surface area contributed by atoms with Crippen molar-refractivity contribution in [2.24, 2.45) is 5.14 Å². The second-order valence-corrected chi connectivity index (χ2v) is 9.59. The number of nitrogens with one attached hydrogen (secondary N) is 1. The molecule has 2 aliphatic rings. The Morgan fingerprint density at radius 2 is 1.83 bits per heavy atom. The van der Waals surface area contributed by atoms with Gasteiger partial charge in [-0.15, -0.1) is 0 Å². The molecule has 0 unspecified atom stereocenters. The van der Waals surface area contributed by atoms with E-state index in [0.29, 0.717) is 23.6 Å². The molecule has 4 rings (SSSR count). The maximum absolute atomic E-state index is 14.5. The Morgan fingerprint density at radius 1 is 1.10 bits per heavy atom. The van der Waals surface area contributed by atoms with Crippen LogP contribution in [0.1, 0.15) is 42.9 Å². The van der Waals surface area contributed by atoms with E-state index in [-0.39, 0.29) is 21.7 Å². The highest BCUT2D eigenvalue weighted by molar-refractivity contribution is 7.89. The Hall–Kier alpha value is -1.74. The van der Waals surface area contributed by atoms with Crippen LogP contribution in [0.15, 0.2) is 35.2 Å². The first-order valence-corrected chi connectivity index (χ1v) is 11.4. The number of primary sulfonamides is 1. The largest absolute Gasteiger partial charge is 0.481 e. The van der Waals surface area contributed by atoms with Crippen LogP contribution in [0.5, 0.6) is 5.75 Å². The second-order valence-electron chi connectivity index (χ2n) is 7.59. The molecule has 0 saturated heterocycles. The Bertz CT molecular complexity index is 1040. The molecule has 0 aromatic heterocycles. The minimum absolute atomic E-state index is 0.131. The van der Waals surface area contributed by atoms with Gasteiger partial charge in [-0.05, 0) is 55.2 Å². The van der Waals surface area contributed by atoms with Crippen molar-refractivity contribution < 1.29 is 21.9 Å². The van der Waals surface area contributed by atoms with Crippen LogP contribution in [0.3, 0.4) is 0 Å². The number of ether oxygens (including phenoxy) is 1. The van der Waals surface area contributed by atoms with E-state index in [0.717, 1.165) is 31.7 Å². The van der Waals surface area contributed by atoms with Gasteiger partial charge >= 0.3 is 0 Å². The number of sulfonamides is 1. The van der Waals surface area contributed by atoms with Gasteiger partial charge in [-0.25, -0.2) is 22.3 Å². The zero-order valence-corrected chi connectivity index (χ0v) is 17.1. The highest BCUT2D eigenvalue weighted by Crippen LogP contribution is 2.40. The summed E-state index contributed by atoms with van der Waals surface area (Å²) in [5, 5.41) is 8.81. The quantitative estimate of drug-likeness (QED) is 0.737. The summed E-state index contributed by atoms with van der Waals surface area (Å²) in [5.41, 5.74) is 1.07. The van der Waals surface area contributed by atoms with Gasteiger partial charge in [-0.1, -0.05) is 24.4 Å². The summed E-state index contributed by atoms with van der Waals surface area (Å²) in [6, 6.07) is 6.17. The summed E-state index contributed by atoms with van der Waals surface area (Å²) < 4.78 is 57.8. The number of hydrogen-bond donors (Lipinski definition) is 2. The molecule has 0 radical (unpaired) electrons. The highest BCUT2D eigenvalue weighted by Gasteiger charge is 2.38. The van der Waals surface area contributed by atoms with Gasteiger partial charge in [0, 0.05) is 16.6 Å². The topological polar surface area (TPSA) is 81.4 Å². The third-order valence-corrected chi connectivity index (χ3v) is 6.71. The van der Waals surface area contributed by atoms with E-state index < -0.39 is 27.8 Å². The fourth-order valence-corrected chi connectivity index (χ4v) is 4.95. The molecule has 0 spiro atoms. The molecule has 156 valence electrons. The normalized spacial score (nSPS) is 22.1. The molecule has 1 saturated carbocycles. The van der Waals surface area contributed by atoms with Gasteiger partial charge in [-0.3, -0.25) is 0 Å². The van der Waals surface area contributed by atoms with Gasteiger partial charge in [0.05, 0.1) is 10.9 Å². The van der Waals surface area contributed by atoms with Gasteiger partial charge in [0.1, 0.15) is 11.9 Å². The van der Waals surface area contributed by atoms with Crippen molar-refractivity contribution in [1.29, 1.82) is 0 Å². The zero-order chi connectivity index (χ0) is 20.8. The molecule has 1 fully saturated rings. The SMILES string of the molecule is NS(=O)(=O)c1ccc(O[C@H]2c3cc(Cl)cc(F)c3C[C@H]2NC2CCCC2)c(F)c1. The molecule has 2 aromatic rings. The van der Waals surface area contributed by atoms with Gasteiger partial charge in [0.15, 0.2) is 11.6 Å². The molecule has 0 amide bonds. The lowest BCUT2D eigenvalue weighted by Gasteiger charge is -2.26. The maximum atomic E-state index is 14.5. The summed E-state index contributed by atoms with van der Waals surface area (Å²) >= 11 is 6.05. The van der Waals surface area contributed by atoms with E-state index in [2.05, 4.69) is 5.32 Å². The van der Waals surface area contributed by atoms with Gasteiger partial charge < -0.3 is 10.1 Å². The first-order valence-electron chi connectivity index (χ1n) is 9.45. The Balaban J connectivity index is 1.67. The van der Waals surface area contributed by atoms with E-state index in [4.69, 9.17) is 21.5 Å². The van der Waals surface area contributed by atoms with Gasteiger partial charge in [-0.2, -0.15) is 0 Å². The standard InChI is InChI=1S/C20H21ClF2N2O3S/c21-11-7-15-14(16(22)8-11)10-18(25-12-3-1-2-4-12)20(15)28-19-6-5-13(9-17(19)23)29(24,26)27/h5-9,12,18,20,25H,1-4,10H2,(H2,24,26,27)/t18-,20+/m1/s1. The van der Waals surface area contributed by atoms with Crippen molar-refractivity contribution in [2.45, 2.75) is 55.2 Å². The second kappa shape index (κ2) is 7.83. The van der Waals surface area contributed by atoms with E-state index in [1.807, 2.05) is 0 Å². The fourth-order valence-electron chi connectivity index (χ4n) is 4.21. The van der Waals surface area contributed by atoms with E-state index >= 15 is 0 Å². The van der Waals surface area contributed by atoms with Crippen LogP contribution < -0.4 is 15.2 Å². The number of nitrogens with two attached hydrogens (primary N) is 1. The van der Waals surface area contributed by atoms with Crippen molar-refractivity contribution >= 4 is 21.6 Å². The molecular formula is C20H21ClF2N2O3S. The monoisotopic (exact) mass is 442 g/mol. The molecule has 9 heteroatoms. The average Bonchev–Trinajstić information content (AvgIpc) is 3.25. The fraction of sp³-hybridized carbons (Fsp3) is 0.400. The first kappa shape index (κ1) is 20.5. The number of hydrogen-bond acceptors (Lipinski definition) is 4. The number of benzene rings is 2. The number of fused-ring (bicyclic) bond motifs is 1. The summed E-state index contributed by atoms with van der Waals surface area (Å²) in [6.45, 7) is 0. The van der Waals surface area contributed by atoms with Gasteiger partial charge in [0.2, 0.25) is 10.0 Å². The highest BCUT2D eigenvalue weighted by atomic mass is 35.5. The Kier molecular flexibility index (Phi) is 5.54. The Morgan fingerprint density at radius 3 is 2.48 bits per heavy atom. The number of halogens is 3. The van der Waals surface area contributed by atoms with E-state index in [1.54, 1.807) is 6.07 Å². The smallest absolute Gasteiger partial charge is 0.238 e. The molecule has 0 aliphatic heterocycles. The molecule has 3 N–H and O–H groups in total. The van der Waals surface area contributed by atoms with Crippen LogP contribution in [-0.2, 0) is 16.4 Å². The van der Waals surface area contributed by atoms with Crippen molar-refractivity contribution in [3.05, 3.63) is 58.1 Å². The minimum Gasteiger partial charge on any atom is -0.481 e. The molecule has 0 bridgehead atoms. The summed E-state index contributed by atoms with van der Waals surface area (Å²) in [6.07, 6.45) is 4.06. The molecule has 2 aromatic carbocycles. The lowest BCUT2D eigenvalue weighted by Crippen LogP contribution is -2.41. The molecule has 29 heavy (non-hydrogen) atoms. The predicted molar refractivity (Wildman–Crippen MR) is 105 cm³/mol. The molecule has 5 nitrogen and oxygen atoms in total. The lowest BCUT2D eigenvalue weighted by molar-refractivity contribution is 0.153.